The number of hydrogen-bond acceptors (Lipinski definition) is 5. The molecule has 1 unspecified atom stereocenters. The molecule has 0 aliphatic rings. The molecule has 0 radical (unpaired) electrons. The molecule has 0 saturated heterocycles. The second-order valence-corrected chi connectivity index (χ2v) is 6.11. The Morgan fingerprint density at radius 2 is 1.75 bits per heavy atom. The van der Waals surface area contributed by atoms with Gasteiger partial charge in [0.05, 0.1) is 13.4 Å². The van der Waals surface area contributed by atoms with Crippen molar-refractivity contribution in [2.75, 3.05) is 7.11 Å². The van der Waals surface area contributed by atoms with Gasteiger partial charge in [-0.05, 0) is 23.8 Å². The summed E-state index contributed by atoms with van der Waals surface area (Å²) >= 11 is 0. The molecule has 3 aromatic rings. The van der Waals surface area contributed by atoms with Crippen LogP contribution in [0.15, 0.2) is 77.4 Å². The maximum absolute atomic E-state index is 12.7. The molecule has 2 aromatic carbocycles. The molecule has 28 heavy (non-hydrogen) atoms. The van der Waals surface area contributed by atoms with Crippen molar-refractivity contribution in [2.45, 2.75) is 19.1 Å². The molecule has 0 saturated carbocycles. The van der Waals surface area contributed by atoms with Crippen LogP contribution < -0.4 is 10.1 Å². The topological polar surface area (TPSA) is 77.8 Å². The fourth-order valence-electron chi connectivity index (χ4n) is 2.75. The Kier molecular flexibility index (Phi) is 6.46. The van der Waals surface area contributed by atoms with Crippen LogP contribution in [-0.2, 0) is 22.6 Å². The Hall–Kier alpha value is -3.54. The Morgan fingerprint density at radius 1 is 1.00 bits per heavy atom. The van der Waals surface area contributed by atoms with Crippen molar-refractivity contribution in [3.63, 3.8) is 0 Å². The Labute approximate surface area is 163 Å². The van der Waals surface area contributed by atoms with E-state index in [4.69, 9.17) is 13.9 Å². The average Bonchev–Trinajstić information content (AvgIpc) is 3.27. The van der Waals surface area contributed by atoms with Crippen molar-refractivity contribution in [3.8, 4) is 5.75 Å². The predicted molar refractivity (Wildman–Crippen MR) is 103 cm³/mol. The molecular weight excluding hydrogens is 358 g/mol. The number of carbonyl (C=O) groups excluding carboxylic acids is 2. The molecule has 3 rings (SSSR count). The van der Waals surface area contributed by atoms with Gasteiger partial charge in [-0.2, -0.15) is 0 Å². The summed E-state index contributed by atoms with van der Waals surface area (Å²) in [6.45, 7) is 0.0464. The second kappa shape index (κ2) is 9.41. The van der Waals surface area contributed by atoms with Gasteiger partial charge < -0.3 is 19.2 Å². The van der Waals surface area contributed by atoms with Gasteiger partial charge in [-0.1, -0.05) is 48.5 Å². The molecule has 0 bridgehead atoms. The number of furan rings is 1. The van der Waals surface area contributed by atoms with Gasteiger partial charge in [-0.3, -0.25) is 4.79 Å². The standard InChI is InChI=1S/C22H21NO5/c1-26-19-11-6-5-10-17(19)15-28-22(25)18(14-16-8-3-2-4-9-16)23-21(24)20-12-7-13-27-20/h2-13,18H,14-15H2,1H3,(H,23,24). The van der Waals surface area contributed by atoms with Gasteiger partial charge in [0.2, 0.25) is 0 Å². The summed E-state index contributed by atoms with van der Waals surface area (Å²) < 4.78 is 15.8. The number of methoxy groups -OCH3 is 1. The number of carbonyl (C=O) groups is 2. The summed E-state index contributed by atoms with van der Waals surface area (Å²) in [5.74, 6) is -0.236. The van der Waals surface area contributed by atoms with E-state index < -0.39 is 17.9 Å². The summed E-state index contributed by atoms with van der Waals surface area (Å²) in [4.78, 5) is 25.1. The van der Waals surface area contributed by atoms with Gasteiger partial charge in [0, 0.05) is 12.0 Å². The van der Waals surface area contributed by atoms with Crippen molar-refractivity contribution >= 4 is 11.9 Å². The van der Waals surface area contributed by atoms with Crippen molar-refractivity contribution in [2.24, 2.45) is 0 Å². The fraction of sp³-hybridized carbons (Fsp3) is 0.182. The lowest BCUT2D eigenvalue weighted by atomic mass is 10.1. The molecule has 0 fully saturated rings. The van der Waals surface area contributed by atoms with Crippen LogP contribution in [0.4, 0.5) is 0 Å². The summed E-state index contributed by atoms with van der Waals surface area (Å²) in [6, 6.07) is 19.0. The second-order valence-electron chi connectivity index (χ2n) is 6.11. The lowest BCUT2D eigenvalue weighted by molar-refractivity contribution is -0.147. The number of nitrogens with one attached hydrogen (secondary N) is 1. The number of para-hydroxylation sites is 1. The van der Waals surface area contributed by atoms with Gasteiger partial charge in [0.1, 0.15) is 18.4 Å². The van der Waals surface area contributed by atoms with E-state index >= 15 is 0 Å². The fourth-order valence-corrected chi connectivity index (χ4v) is 2.75. The zero-order valence-corrected chi connectivity index (χ0v) is 15.5. The first-order valence-electron chi connectivity index (χ1n) is 8.84. The monoisotopic (exact) mass is 379 g/mol. The first-order chi connectivity index (χ1) is 13.7. The molecule has 1 aromatic heterocycles. The number of amides is 1. The number of benzene rings is 2. The third kappa shape index (κ3) is 5.01. The smallest absolute Gasteiger partial charge is 0.329 e. The van der Waals surface area contributed by atoms with E-state index in [1.807, 2.05) is 48.5 Å². The highest BCUT2D eigenvalue weighted by molar-refractivity contribution is 5.94. The van der Waals surface area contributed by atoms with Crippen LogP contribution in [0, 0.1) is 0 Å². The van der Waals surface area contributed by atoms with Gasteiger partial charge in [-0.25, -0.2) is 4.79 Å². The Bertz CT molecular complexity index is 906. The molecule has 144 valence electrons. The maximum atomic E-state index is 12.7. The molecular formula is C22H21NO5. The maximum Gasteiger partial charge on any atom is 0.329 e. The van der Waals surface area contributed by atoms with E-state index in [-0.39, 0.29) is 12.4 Å². The number of esters is 1. The normalized spacial score (nSPS) is 11.5. The van der Waals surface area contributed by atoms with Gasteiger partial charge in [0.15, 0.2) is 5.76 Å². The summed E-state index contributed by atoms with van der Waals surface area (Å²) in [5.41, 5.74) is 1.65. The summed E-state index contributed by atoms with van der Waals surface area (Å²) in [7, 11) is 1.56. The molecule has 1 amide bonds. The van der Waals surface area contributed by atoms with Crippen molar-refractivity contribution in [3.05, 3.63) is 89.9 Å². The highest BCUT2D eigenvalue weighted by Gasteiger charge is 2.24. The number of rotatable bonds is 8. The lowest BCUT2D eigenvalue weighted by Crippen LogP contribution is -2.43. The zero-order valence-electron chi connectivity index (χ0n) is 15.5. The van der Waals surface area contributed by atoms with Crippen LogP contribution in [0.2, 0.25) is 0 Å². The van der Waals surface area contributed by atoms with Crippen molar-refractivity contribution < 1.29 is 23.5 Å². The summed E-state index contributed by atoms with van der Waals surface area (Å²) in [6.07, 6.45) is 1.71. The molecule has 1 heterocycles. The highest BCUT2D eigenvalue weighted by atomic mass is 16.5. The SMILES string of the molecule is COc1ccccc1COC(=O)C(Cc1ccccc1)NC(=O)c1ccco1. The number of hydrogen-bond donors (Lipinski definition) is 1. The van der Waals surface area contributed by atoms with Gasteiger partial charge in [-0.15, -0.1) is 0 Å². The number of ether oxygens (including phenoxy) is 2. The molecule has 1 atom stereocenters. The van der Waals surface area contributed by atoms with Crippen LogP contribution in [0.1, 0.15) is 21.7 Å². The predicted octanol–water partition coefficient (Wildman–Crippen LogP) is 3.37. The van der Waals surface area contributed by atoms with Crippen LogP contribution in [0.3, 0.4) is 0 Å². The molecule has 1 N–H and O–H groups in total. The van der Waals surface area contributed by atoms with E-state index in [0.717, 1.165) is 11.1 Å². The largest absolute Gasteiger partial charge is 0.496 e. The molecule has 6 nitrogen and oxygen atoms in total. The minimum Gasteiger partial charge on any atom is -0.496 e. The van der Waals surface area contributed by atoms with E-state index in [1.165, 1.54) is 12.3 Å². The van der Waals surface area contributed by atoms with Crippen molar-refractivity contribution in [1.82, 2.24) is 5.32 Å². The third-order valence-electron chi connectivity index (χ3n) is 4.18. The van der Waals surface area contributed by atoms with E-state index in [9.17, 15) is 9.59 Å². The van der Waals surface area contributed by atoms with Crippen LogP contribution in [0.25, 0.3) is 0 Å². The lowest BCUT2D eigenvalue weighted by Gasteiger charge is -2.18. The van der Waals surface area contributed by atoms with Crippen LogP contribution >= 0.6 is 0 Å². The van der Waals surface area contributed by atoms with E-state index in [1.54, 1.807) is 19.2 Å². The van der Waals surface area contributed by atoms with E-state index in [0.29, 0.717) is 12.2 Å². The Morgan fingerprint density at radius 3 is 2.46 bits per heavy atom. The molecule has 6 heteroatoms. The van der Waals surface area contributed by atoms with Gasteiger partial charge >= 0.3 is 5.97 Å². The van der Waals surface area contributed by atoms with Crippen molar-refractivity contribution in [1.29, 1.82) is 0 Å². The molecule has 0 aliphatic heterocycles. The molecule has 0 aliphatic carbocycles. The van der Waals surface area contributed by atoms with Crippen LogP contribution in [-0.4, -0.2) is 25.0 Å². The summed E-state index contributed by atoms with van der Waals surface area (Å²) in [5, 5.41) is 2.69. The molecule has 0 spiro atoms. The van der Waals surface area contributed by atoms with E-state index in [2.05, 4.69) is 5.32 Å². The average molecular weight is 379 g/mol. The highest BCUT2D eigenvalue weighted by Crippen LogP contribution is 2.18. The third-order valence-corrected chi connectivity index (χ3v) is 4.18. The Balaban J connectivity index is 1.71. The zero-order chi connectivity index (χ0) is 19.8. The quantitative estimate of drug-likeness (QED) is 0.607. The minimum atomic E-state index is -0.852. The first kappa shape index (κ1) is 19.2. The van der Waals surface area contributed by atoms with Crippen LogP contribution in [0.5, 0.6) is 5.75 Å². The van der Waals surface area contributed by atoms with Gasteiger partial charge in [0.25, 0.3) is 5.91 Å². The minimum absolute atomic E-state index is 0.0464. The first-order valence-corrected chi connectivity index (χ1v) is 8.84.